The fraction of sp³-hybridized carbons (Fsp3) is 0.417. The third kappa shape index (κ3) is 2.74. The van der Waals surface area contributed by atoms with E-state index in [0.29, 0.717) is 6.54 Å². The lowest BCUT2D eigenvalue weighted by Gasteiger charge is -2.11. The van der Waals surface area contributed by atoms with Gasteiger partial charge in [-0.05, 0) is 6.42 Å². The number of rotatable bonds is 3. The highest BCUT2D eigenvalue weighted by Crippen LogP contribution is 2.31. The topological polar surface area (TPSA) is 24.4 Å². The van der Waals surface area contributed by atoms with E-state index in [1.165, 1.54) is 11.8 Å². The molecule has 0 spiro atoms. The van der Waals surface area contributed by atoms with E-state index >= 15 is 0 Å². The standard InChI is InChI=1S/C12H11F5N2S/c1-2-3-5-4-18-12(20-5)19-11-9(16)7(14)6(13)8(15)10(11)17/h5H,2-4H2,1H3,(H,18,19). The van der Waals surface area contributed by atoms with Crippen LogP contribution in [0.15, 0.2) is 4.99 Å². The SMILES string of the molecule is CCCC1CN=C(Nc2c(F)c(F)c(F)c(F)c2F)S1. The van der Waals surface area contributed by atoms with Crippen molar-refractivity contribution < 1.29 is 22.0 Å². The number of benzene rings is 1. The molecule has 0 saturated carbocycles. The first kappa shape index (κ1) is 15.1. The summed E-state index contributed by atoms with van der Waals surface area (Å²) in [4.78, 5) is 3.99. The van der Waals surface area contributed by atoms with Crippen LogP contribution in [0.2, 0.25) is 0 Å². The van der Waals surface area contributed by atoms with Crippen LogP contribution in [0.25, 0.3) is 0 Å². The largest absolute Gasteiger partial charge is 0.330 e. The molecule has 1 unspecified atom stereocenters. The molecule has 0 radical (unpaired) electrons. The molecule has 1 aliphatic heterocycles. The second-order valence-corrected chi connectivity index (χ2v) is 5.53. The maximum atomic E-state index is 13.5. The molecule has 20 heavy (non-hydrogen) atoms. The van der Waals surface area contributed by atoms with E-state index in [9.17, 15) is 22.0 Å². The predicted molar refractivity (Wildman–Crippen MR) is 68.4 cm³/mol. The highest BCUT2D eigenvalue weighted by Gasteiger charge is 2.28. The first-order valence-electron chi connectivity index (χ1n) is 5.95. The van der Waals surface area contributed by atoms with Crippen LogP contribution in [0.1, 0.15) is 19.8 Å². The number of thioether (sulfide) groups is 1. The lowest BCUT2D eigenvalue weighted by atomic mass is 10.2. The van der Waals surface area contributed by atoms with Crippen LogP contribution in [0.4, 0.5) is 27.6 Å². The fourth-order valence-corrected chi connectivity index (χ4v) is 2.91. The van der Waals surface area contributed by atoms with Crippen LogP contribution in [0.3, 0.4) is 0 Å². The van der Waals surface area contributed by atoms with Crippen molar-refractivity contribution in [3.05, 3.63) is 29.1 Å². The van der Waals surface area contributed by atoms with Crippen LogP contribution in [-0.2, 0) is 0 Å². The van der Waals surface area contributed by atoms with Gasteiger partial charge in [0.2, 0.25) is 5.82 Å². The second-order valence-electron chi connectivity index (χ2n) is 4.24. The predicted octanol–water partition coefficient (Wildman–Crippen LogP) is 4.07. The monoisotopic (exact) mass is 310 g/mol. The van der Waals surface area contributed by atoms with Gasteiger partial charge < -0.3 is 5.32 Å². The molecular formula is C12H11F5N2S. The van der Waals surface area contributed by atoms with E-state index < -0.39 is 34.8 Å². The number of anilines is 1. The van der Waals surface area contributed by atoms with Gasteiger partial charge in [-0.15, -0.1) is 0 Å². The maximum Gasteiger partial charge on any atom is 0.200 e. The molecule has 0 aliphatic carbocycles. The molecule has 1 aromatic rings. The number of halogens is 5. The minimum absolute atomic E-state index is 0.156. The summed E-state index contributed by atoms with van der Waals surface area (Å²) in [5.41, 5.74) is -1.07. The Hall–Kier alpha value is -1.31. The zero-order chi connectivity index (χ0) is 14.9. The van der Waals surface area contributed by atoms with Gasteiger partial charge in [-0.25, -0.2) is 22.0 Å². The zero-order valence-corrected chi connectivity index (χ0v) is 11.3. The van der Waals surface area contributed by atoms with Crippen molar-refractivity contribution >= 4 is 22.6 Å². The first-order valence-corrected chi connectivity index (χ1v) is 6.83. The van der Waals surface area contributed by atoms with Crippen LogP contribution in [0.5, 0.6) is 0 Å². The van der Waals surface area contributed by atoms with Gasteiger partial charge in [-0.1, -0.05) is 25.1 Å². The summed E-state index contributed by atoms with van der Waals surface area (Å²) in [6.07, 6.45) is 1.78. The molecule has 2 nitrogen and oxygen atoms in total. The Morgan fingerprint density at radius 3 is 2.15 bits per heavy atom. The van der Waals surface area contributed by atoms with Crippen molar-refractivity contribution in [1.29, 1.82) is 0 Å². The van der Waals surface area contributed by atoms with Gasteiger partial charge >= 0.3 is 0 Å². The van der Waals surface area contributed by atoms with Crippen LogP contribution in [-0.4, -0.2) is 17.0 Å². The van der Waals surface area contributed by atoms with E-state index in [4.69, 9.17) is 0 Å². The first-order chi connectivity index (χ1) is 9.45. The quantitative estimate of drug-likeness (QED) is 0.517. The minimum atomic E-state index is -2.17. The Morgan fingerprint density at radius 2 is 1.60 bits per heavy atom. The average Bonchev–Trinajstić information content (AvgIpc) is 2.87. The molecule has 1 aliphatic rings. The molecule has 0 aromatic heterocycles. The molecular weight excluding hydrogens is 299 g/mol. The van der Waals surface area contributed by atoms with Crippen molar-refractivity contribution in [2.24, 2.45) is 4.99 Å². The summed E-state index contributed by atoms with van der Waals surface area (Å²) >= 11 is 1.23. The molecule has 1 heterocycles. The van der Waals surface area contributed by atoms with Crippen molar-refractivity contribution in [2.45, 2.75) is 25.0 Å². The molecule has 0 bridgehead atoms. The zero-order valence-electron chi connectivity index (χ0n) is 10.4. The summed E-state index contributed by atoms with van der Waals surface area (Å²) in [5.74, 6) is -9.89. The van der Waals surface area contributed by atoms with E-state index in [-0.39, 0.29) is 10.4 Å². The molecule has 0 fully saturated rings. The Kier molecular flexibility index (Phi) is 4.52. The fourth-order valence-electron chi connectivity index (χ4n) is 1.78. The number of nitrogens with one attached hydrogen (secondary N) is 1. The Bertz CT molecular complexity index is 532. The summed E-state index contributed by atoms with van der Waals surface area (Å²) in [7, 11) is 0. The van der Waals surface area contributed by atoms with Gasteiger partial charge in [0.15, 0.2) is 28.4 Å². The van der Waals surface area contributed by atoms with Crippen LogP contribution >= 0.6 is 11.8 Å². The van der Waals surface area contributed by atoms with Crippen LogP contribution in [0, 0.1) is 29.1 Å². The Labute approximate surface area is 116 Å². The second kappa shape index (κ2) is 5.99. The number of hydrogen-bond donors (Lipinski definition) is 1. The van der Waals surface area contributed by atoms with Gasteiger partial charge in [-0.3, -0.25) is 4.99 Å². The average molecular weight is 310 g/mol. The summed E-state index contributed by atoms with van der Waals surface area (Å²) in [6, 6.07) is 0. The van der Waals surface area contributed by atoms with Crippen LogP contribution < -0.4 is 5.32 Å². The molecule has 0 saturated heterocycles. The summed E-state index contributed by atoms with van der Waals surface area (Å²) < 4.78 is 65.8. The minimum Gasteiger partial charge on any atom is -0.330 e. The Balaban J connectivity index is 2.23. The normalized spacial score (nSPS) is 18.3. The van der Waals surface area contributed by atoms with Crippen molar-refractivity contribution in [2.75, 3.05) is 11.9 Å². The molecule has 2 rings (SSSR count). The smallest absolute Gasteiger partial charge is 0.200 e. The number of aliphatic imine (C=N–C) groups is 1. The molecule has 8 heteroatoms. The molecule has 0 amide bonds. The van der Waals surface area contributed by atoms with Gasteiger partial charge in [0, 0.05) is 5.25 Å². The van der Waals surface area contributed by atoms with E-state index in [0.717, 1.165) is 12.8 Å². The number of hydrogen-bond acceptors (Lipinski definition) is 3. The summed E-state index contributed by atoms with van der Waals surface area (Å²) in [5, 5.41) is 2.51. The van der Waals surface area contributed by atoms with Gasteiger partial charge in [0.05, 0.1) is 6.54 Å². The highest BCUT2D eigenvalue weighted by molar-refractivity contribution is 8.15. The lowest BCUT2D eigenvalue weighted by molar-refractivity contribution is 0.382. The molecule has 110 valence electrons. The molecule has 1 N–H and O–H groups in total. The third-order valence-electron chi connectivity index (χ3n) is 2.77. The van der Waals surface area contributed by atoms with E-state index in [1.807, 2.05) is 6.92 Å². The Morgan fingerprint density at radius 1 is 1.05 bits per heavy atom. The number of nitrogens with zero attached hydrogens (tertiary/aromatic N) is 1. The third-order valence-corrected chi connectivity index (χ3v) is 3.94. The van der Waals surface area contributed by atoms with Gasteiger partial charge in [-0.2, -0.15) is 0 Å². The maximum absolute atomic E-state index is 13.5. The van der Waals surface area contributed by atoms with Gasteiger partial charge in [0.25, 0.3) is 0 Å². The molecule has 1 atom stereocenters. The lowest BCUT2D eigenvalue weighted by Crippen LogP contribution is -2.13. The van der Waals surface area contributed by atoms with Crippen molar-refractivity contribution in [1.82, 2.24) is 0 Å². The van der Waals surface area contributed by atoms with E-state index in [2.05, 4.69) is 10.3 Å². The van der Waals surface area contributed by atoms with Crippen molar-refractivity contribution in [3.63, 3.8) is 0 Å². The summed E-state index contributed by atoms with van der Waals surface area (Å²) in [6.45, 7) is 2.44. The molecule has 1 aromatic carbocycles. The van der Waals surface area contributed by atoms with E-state index in [1.54, 1.807) is 0 Å². The number of amidine groups is 1. The van der Waals surface area contributed by atoms with Crippen molar-refractivity contribution in [3.8, 4) is 0 Å². The highest BCUT2D eigenvalue weighted by atomic mass is 32.2. The van der Waals surface area contributed by atoms with Gasteiger partial charge in [0.1, 0.15) is 5.69 Å².